The summed E-state index contributed by atoms with van der Waals surface area (Å²) in [5, 5.41) is 4.17. The van der Waals surface area contributed by atoms with Crippen molar-refractivity contribution in [1.29, 1.82) is 0 Å². The summed E-state index contributed by atoms with van der Waals surface area (Å²) in [6, 6.07) is 10.5. The van der Waals surface area contributed by atoms with Gasteiger partial charge < -0.3 is 5.73 Å². The Morgan fingerprint density at radius 3 is 2.72 bits per heavy atom. The topological polar surface area (TPSA) is 56.2 Å². The van der Waals surface area contributed by atoms with Gasteiger partial charge in [0.1, 0.15) is 0 Å². The second-order valence-corrected chi connectivity index (χ2v) is 4.52. The predicted octanol–water partition coefficient (Wildman–Crippen LogP) is 2.60. The van der Waals surface area contributed by atoms with Gasteiger partial charge in [0.05, 0.1) is 0 Å². The number of nitrogens with zero attached hydrogens (tertiary/aromatic N) is 3. The predicted molar refractivity (Wildman–Crippen MR) is 72.3 cm³/mol. The van der Waals surface area contributed by atoms with Crippen molar-refractivity contribution in [3.05, 3.63) is 47.7 Å². The molecule has 18 heavy (non-hydrogen) atoms. The molecule has 90 valence electrons. The molecule has 3 rings (SSSR count). The smallest absolute Gasteiger partial charge is 0.240 e. The van der Waals surface area contributed by atoms with Gasteiger partial charge in [0.2, 0.25) is 5.95 Å². The minimum absolute atomic E-state index is 0.305. The number of fused-ring (bicyclic) bond motifs is 1. The summed E-state index contributed by atoms with van der Waals surface area (Å²) in [5.74, 6) is 0.305. The molecule has 0 saturated carbocycles. The molecule has 3 aromatic rings. The van der Waals surface area contributed by atoms with Crippen LogP contribution >= 0.6 is 0 Å². The van der Waals surface area contributed by atoms with Crippen LogP contribution in [0.15, 0.2) is 36.5 Å². The van der Waals surface area contributed by atoms with Crippen LogP contribution in [0.1, 0.15) is 11.1 Å². The maximum atomic E-state index is 5.63. The van der Waals surface area contributed by atoms with E-state index in [1.807, 2.05) is 13.1 Å². The number of aryl methyl sites for hydroxylation is 2. The number of pyridine rings is 1. The molecule has 0 amide bonds. The SMILES string of the molecule is Cc1cccc(-c2cc(C)c3nc(N)nn3c2)c1. The molecule has 4 heteroatoms. The molecule has 2 N–H and O–H groups in total. The summed E-state index contributed by atoms with van der Waals surface area (Å²) < 4.78 is 1.74. The molecule has 0 saturated heterocycles. The summed E-state index contributed by atoms with van der Waals surface area (Å²) in [5.41, 5.74) is 11.0. The van der Waals surface area contributed by atoms with Gasteiger partial charge in [0.25, 0.3) is 0 Å². The number of aromatic nitrogens is 3. The van der Waals surface area contributed by atoms with Gasteiger partial charge in [-0.15, -0.1) is 5.10 Å². The molecule has 0 unspecified atom stereocenters. The fourth-order valence-electron chi connectivity index (χ4n) is 2.15. The third kappa shape index (κ3) is 1.72. The van der Waals surface area contributed by atoms with Crippen LogP contribution in [0.4, 0.5) is 5.95 Å². The minimum atomic E-state index is 0.305. The number of hydrogen-bond acceptors (Lipinski definition) is 3. The highest BCUT2D eigenvalue weighted by Crippen LogP contribution is 2.23. The van der Waals surface area contributed by atoms with Crippen molar-refractivity contribution in [2.75, 3.05) is 5.73 Å². The van der Waals surface area contributed by atoms with Crippen molar-refractivity contribution in [1.82, 2.24) is 14.6 Å². The van der Waals surface area contributed by atoms with Crippen LogP contribution in [-0.2, 0) is 0 Å². The van der Waals surface area contributed by atoms with Crippen LogP contribution in [0.5, 0.6) is 0 Å². The van der Waals surface area contributed by atoms with E-state index in [9.17, 15) is 0 Å². The molecule has 4 nitrogen and oxygen atoms in total. The van der Waals surface area contributed by atoms with E-state index in [0.29, 0.717) is 5.95 Å². The molecular formula is C14H14N4. The Labute approximate surface area is 105 Å². The average Bonchev–Trinajstić information content (AvgIpc) is 2.70. The van der Waals surface area contributed by atoms with E-state index in [2.05, 4.69) is 47.3 Å². The number of hydrogen-bond donors (Lipinski definition) is 1. The van der Waals surface area contributed by atoms with Crippen LogP contribution in [0.2, 0.25) is 0 Å². The third-order valence-corrected chi connectivity index (χ3v) is 2.99. The van der Waals surface area contributed by atoms with E-state index in [0.717, 1.165) is 16.8 Å². The fourth-order valence-corrected chi connectivity index (χ4v) is 2.15. The lowest BCUT2D eigenvalue weighted by molar-refractivity contribution is 0.964. The zero-order valence-electron chi connectivity index (χ0n) is 10.4. The van der Waals surface area contributed by atoms with E-state index < -0.39 is 0 Å². The van der Waals surface area contributed by atoms with Crippen molar-refractivity contribution < 1.29 is 0 Å². The fraction of sp³-hybridized carbons (Fsp3) is 0.143. The Kier molecular flexibility index (Phi) is 2.30. The summed E-state index contributed by atoms with van der Waals surface area (Å²) >= 11 is 0. The Morgan fingerprint density at radius 2 is 1.94 bits per heavy atom. The maximum absolute atomic E-state index is 5.63. The molecule has 1 aromatic carbocycles. The highest BCUT2D eigenvalue weighted by Gasteiger charge is 2.07. The summed E-state index contributed by atoms with van der Waals surface area (Å²) in [6.45, 7) is 4.10. The summed E-state index contributed by atoms with van der Waals surface area (Å²) in [4.78, 5) is 4.19. The number of rotatable bonds is 1. The standard InChI is InChI=1S/C14H14N4/c1-9-4-3-5-11(6-9)12-7-10(2)13-16-14(15)17-18(13)8-12/h3-8H,1-2H3,(H2,15,17). The Morgan fingerprint density at radius 1 is 1.11 bits per heavy atom. The Hall–Kier alpha value is -2.36. The van der Waals surface area contributed by atoms with E-state index in [-0.39, 0.29) is 0 Å². The van der Waals surface area contributed by atoms with Crippen molar-refractivity contribution >= 4 is 11.6 Å². The lowest BCUT2D eigenvalue weighted by atomic mass is 10.0. The zero-order valence-corrected chi connectivity index (χ0v) is 10.4. The van der Waals surface area contributed by atoms with Gasteiger partial charge in [-0.05, 0) is 31.0 Å². The van der Waals surface area contributed by atoms with Crippen molar-refractivity contribution in [3.63, 3.8) is 0 Å². The van der Waals surface area contributed by atoms with E-state index in [1.165, 1.54) is 11.1 Å². The van der Waals surface area contributed by atoms with Gasteiger partial charge in [-0.25, -0.2) is 4.52 Å². The molecule has 0 atom stereocenters. The first-order valence-electron chi connectivity index (χ1n) is 5.83. The van der Waals surface area contributed by atoms with Crippen LogP contribution in [0.3, 0.4) is 0 Å². The molecule has 0 spiro atoms. The molecular weight excluding hydrogens is 224 g/mol. The minimum Gasteiger partial charge on any atom is -0.366 e. The number of nitrogens with two attached hydrogens (primary N) is 1. The zero-order chi connectivity index (χ0) is 12.7. The van der Waals surface area contributed by atoms with Gasteiger partial charge in [-0.1, -0.05) is 29.8 Å². The lowest BCUT2D eigenvalue weighted by Gasteiger charge is -2.05. The normalized spacial score (nSPS) is 11.0. The number of nitrogen functional groups attached to an aromatic ring is 1. The van der Waals surface area contributed by atoms with Crippen LogP contribution in [0.25, 0.3) is 16.8 Å². The molecule has 0 bridgehead atoms. The van der Waals surface area contributed by atoms with Gasteiger partial charge in [-0.3, -0.25) is 0 Å². The first kappa shape index (κ1) is 10.8. The summed E-state index contributed by atoms with van der Waals surface area (Å²) in [7, 11) is 0. The first-order valence-corrected chi connectivity index (χ1v) is 5.83. The van der Waals surface area contributed by atoms with E-state index in [4.69, 9.17) is 5.73 Å². The maximum Gasteiger partial charge on any atom is 0.240 e. The molecule has 0 radical (unpaired) electrons. The average molecular weight is 238 g/mol. The molecule has 2 aromatic heterocycles. The Bertz CT molecular complexity index is 728. The van der Waals surface area contributed by atoms with Crippen molar-refractivity contribution in [2.24, 2.45) is 0 Å². The Balaban J connectivity index is 2.24. The van der Waals surface area contributed by atoms with Crippen LogP contribution in [0, 0.1) is 13.8 Å². The van der Waals surface area contributed by atoms with E-state index >= 15 is 0 Å². The monoisotopic (exact) mass is 238 g/mol. The number of benzene rings is 1. The molecule has 2 heterocycles. The van der Waals surface area contributed by atoms with Gasteiger partial charge in [0.15, 0.2) is 5.65 Å². The van der Waals surface area contributed by atoms with Gasteiger partial charge >= 0.3 is 0 Å². The molecule has 0 fully saturated rings. The third-order valence-electron chi connectivity index (χ3n) is 2.99. The second kappa shape index (κ2) is 3.84. The number of anilines is 1. The van der Waals surface area contributed by atoms with Crippen LogP contribution in [-0.4, -0.2) is 14.6 Å². The first-order chi connectivity index (χ1) is 8.63. The highest BCUT2D eigenvalue weighted by atomic mass is 15.3. The summed E-state index contributed by atoms with van der Waals surface area (Å²) in [6.07, 6.45) is 1.96. The lowest BCUT2D eigenvalue weighted by Crippen LogP contribution is -1.92. The largest absolute Gasteiger partial charge is 0.366 e. The van der Waals surface area contributed by atoms with Crippen molar-refractivity contribution in [2.45, 2.75) is 13.8 Å². The second-order valence-electron chi connectivity index (χ2n) is 4.52. The molecule has 0 aliphatic rings. The quantitative estimate of drug-likeness (QED) is 0.709. The molecule has 0 aliphatic heterocycles. The van der Waals surface area contributed by atoms with Crippen LogP contribution < -0.4 is 5.73 Å². The van der Waals surface area contributed by atoms with Gasteiger partial charge in [0, 0.05) is 11.8 Å². The highest BCUT2D eigenvalue weighted by molar-refractivity contribution is 5.67. The molecule has 0 aliphatic carbocycles. The van der Waals surface area contributed by atoms with E-state index in [1.54, 1.807) is 4.52 Å². The van der Waals surface area contributed by atoms with Gasteiger partial charge in [-0.2, -0.15) is 4.98 Å². The van der Waals surface area contributed by atoms with Crippen molar-refractivity contribution in [3.8, 4) is 11.1 Å².